The van der Waals surface area contributed by atoms with Gasteiger partial charge in [0.15, 0.2) is 0 Å². The van der Waals surface area contributed by atoms with Gasteiger partial charge in [-0.25, -0.2) is 4.39 Å². The molecule has 1 nitrogen and oxygen atoms in total. The molecule has 0 aromatic heterocycles. The molecule has 2 aromatic carbocycles. The van der Waals surface area contributed by atoms with Crippen LogP contribution in [0.1, 0.15) is 42.7 Å². The van der Waals surface area contributed by atoms with Crippen molar-refractivity contribution in [3.63, 3.8) is 0 Å². The zero-order chi connectivity index (χ0) is 16.9. The van der Waals surface area contributed by atoms with Crippen LogP contribution < -0.4 is 0 Å². The van der Waals surface area contributed by atoms with Gasteiger partial charge in [-0.3, -0.25) is 0 Å². The first-order chi connectivity index (χ1) is 11.7. The number of nitriles is 1. The third-order valence-corrected chi connectivity index (χ3v) is 5.07. The first-order valence-corrected chi connectivity index (χ1v) is 8.71. The molecule has 0 N–H and O–H groups in total. The maximum absolute atomic E-state index is 13.8. The molecule has 0 aliphatic heterocycles. The number of hydrogen-bond acceptors (Lipinski definition) is 1. The smallest absolute Gasteiger partial charge is 0.141 e. The highest BCUT2D eigenvalue weighted by molar-refractivity contribution is 6.25. The topological polar surface area (TPSA) is 23.8 Å². The number of hydrogen-bond donors (Lipinski definition) is 0. The van der Waals surface area contributed by atoms with E-state index in [0.29, 0.717) is 11.8 Å². The van der Waals surface area contributed by atoms with Gasteiger partial charge in [0.05, 0.1) is 5.56 Å². The molecule has 1 aliphatic carbocycles. The Morgan fingerprint density at radius 2 is 1.67 bits per heavy atom. The van der Waals surface area contributed by atoms with E-state index in [1.165, 1.54) is 43.4 Å². The van der Waals surface area contributed by atoms with Gasteiger partial charge in [-0.05, 0) is 66.3 Å². The molecule has 1 fully saturated rings. The van der Waals surface area contributed by atoms with Crippen LogP contribution in [-0.4, -0.2) is 0 Å². The summed E-state index contributed by atoms with van der Waals surface area (Å²) in [5.41, 5.74) is 4.84. The van der Waals surface area contributed by atoms with E-state index in [1.807, 2.05) is 18.2 Å². The van der Waals surface area contributed by atoms with Gasteiger partial charge < -0.3 is 0 Å². The fourth-order valence-corrected chi connectivity index (χ4v) is 3.69. The Bertz CT molecular complexity index is 765. The van der Waals surface area contributed by atoms with Crippen molar-refractivity contribution in [1.82, 2.24) is 0 Å². The van der Waals surface area contributed by atoms with E-state index in [0.717, 1.165) is 11.1 Å². The molecule has 0 atom stereocenters. The lowest BCUT2D eigenvalue weighted by Crippen LogP contribution is -2.11. The van der Waals surface area contributed by atoms with Gasteiger partial charge in [0.25, 0.3) is 0 Å². The summed E-state index contributed by atoms with van der Waals surface area (Å²) in [4.78, 5) is 0. The second kappa shape index (κ2) is 7.64. The monoisotopic (exact) mass is 339 g/mol. The highest BCUT2D eigenvalue weighted by Gasteiger charge is 2.20. The van der Waals surface area contributed by atoms with Crippen LogP contribution in [0.5, 0.6) is 0 Å². The molecular formula is C21H19ClFN. The molecule has 24 heavy (non-hydrogen) atoms. The van der Waals surface area contributed by atoms with Gasteiger partial charge in [-0.2, -0.15) is 5.26 Å². The highest BCUT2D eigenvalue weighted by atomic mass is 35.5. The third-order valence-electron chi connectivity index (χ3n) is 4.92. The zero-order valence-electron chi connectivity index (χ0n) is 13.4. The first kappa shape index (κ1) is 16.7. The molecule has 122 valence electrons. The van der Waals surface area contributed by atoms with Crippen molar-refractivity contribution in [3.8, 4) is 17.2 Å². The molecule has 3 heteroatoms. The molecule has 0 amide bonds. The minimum atomic E-state index is -0.468. The molecular weight excluding hydrogens is 321 g/mol. The Balaban J connectivity index is 1.72. The molecule has 0 radical (unpaired) electrons. The van der Waals surface area contributed by atoms with E-state index in [1.54, 1.807) is 11.6 Å². The second-order valence-corrected chi connectivity index (χ2v) is 6.61. The molecule has 0 bridgehead atoms. The van der Waals surface area contributed by atoms with Crippen LogP contribution in [0.2, 0.25) is 0 Å². The Morgan fingerprint density at radius 1 is 1.00 bits per heavy atom. The molecule has 3 rings (SSSR count). The van der Waals surface area contributed by atoms with E-state index in [2.05, 4.69) is 18.2 Å². The fourth-order valence-electron chi connectivity index (χ4n) is 3.48. The summed E-state index contributed by atoms with van der Waals surface area (Å²) in [5.74, 6) is 0.737. The van der Waals surface area contributed by atoms with E-state index in [4.69, 9.17) is 16.9 Å². The van der Waals surface area contributed by atoms with Crippen LogP contribution in [0.15, 0.2) is 54.1 Å². The summed E-state index contributed by atoms with van der Waals surface area (Å²) in [6, 6.07) is 15.0. The Hall–Kier alpha value is -2.11. The molecule has 0 unspecified atom stereocenters. The maximum atomic E-state index is 13.8. The molecule has 1 aliphatic rings. The molecule has 0 saturated heterocycles. The number of benzene rings is 2. The van der Waals surface area contributed by atoms with Crippen LogP contribution in [-0.2, 0) is 0 Å². The Kier molecular flexibility index (Phi) is 5.33. The van der Waals surface area contributed by atoms with Crippen LogP contribution >= 0.6 is 11.6 Å². The van der Waals surface area contributed by atoms with Gasteiger partial charge in [0, 0.05) is 5.54 Å². The lowest BCUT2D eigenvalue weighted by atomic mass is 9.78. The van der Waals surface area contributed by atoms with E-state index in [9.17, 15) is 4.39 Å². The van der Waals surface area contributed by atoms with Crippen molar-refractivity contribution in [2.45, 2.75) is 31.6 Å². The number of allylic oxidation sites excluding steroid dienone is 1. The van der Waals surface area contributed by atoms with Gasteiger partial charge in [0.2, 0.25) is 0 Å². The Morgan fingerprint density at radius 3 is 2.25 bits per heavy atom. The van der Waals surface area contributed by atoms with Crippen molar-refractivity contribution in [3.05, 3.63) is 71.0 Å². The van der Waals surface area contributed by atoms with Gasteiger partial charge in [-0.15, -0.1) is 0 Å². The maximum Gasteiger partial charge on any atom is 0.141 e. The predicted octanol–water partition coefficient (Wildman–Crippen LogP) is 6.39. The minimum absolute atomic E-state index is 0.0816. The zero-order valence-corrected chi connectivity index (χ0v) is 14.1. The second-order valence-electron chi connectivity index (χ2n) is 6.36. The number of rotatable bonds is 3. The molecule has 0 spiro atoms. The van der Waals surface area contributed by atoms with Crippen LogP contribution in [0.3, 0.4) is 0 Å². The van der Waals surface area contributed by atoms with Crippen LogP contribution in [0.4, 0.5) is 4.39 Å². The number of nitrogens with zero attached hydrogens (tertiary/aromatic N) is 1. The summed E-state index contributed by atoms with van der Waals surface area (Å²) in [6.07, 6.45) is 6.81. The average molecular weight is 340 g/mol. The van der Waals surface area contributed by atoms with E-state index in [-0.39, 0.29) is 5.56 Å². The molecule has 0 heterocycles. The Labute approximate surface area is 147 Å². The van der Waals surface area contributed by atoms with Gasteiger partial charge in [0.1, 0.15) is 11.9 Å². The fraction of sp³-hybridized carbons (Fsp3) is 0.286. The lowest BCUT2D eigenvalue weighted by molar-refractivity contribution is 0.376. The first-order valence-electron chi connectivity index (χ1n) is 8.28. The lowest BCUT2D eigenvalue weighted by Gasteiger charge is -2.27. The molecule has 1 saturated carbocycles. The third kappa shape index (κ3) is 3.68. The highest BCUT2D eigenvalue weighted by Crippen LogP contribution is 2.37. The van der Waals surface area contributed by atoms with Crippen molar-refractivity contribution in [1.29, 1.82) is 5.26 Å². The summed E-state index contributed by atoms with van der Waals surface area (Å²) >= 11 is 5.67. The summed E-state index contributed by atoms with van der Waals surface area (Å²) in [6.45, 7) is 0. The summed E-state index contributed by atoms with van der Waals surface area (Å²) < 4.78 is 13.8. The standard InChI is InChI=1S/C21H19ClFN/c22-12-11-15-1-3-16(4-2-15)17-5-7-18(8-6-17)19-9-10-20(14-24)21(23)13-19/h5-13,15-16H,1-4H2/b12-11+/t15-,16-. The van der Waals surface area contributed by atoms with E-state index < -0.39 is 5.82 Å². The average Bonchev–Trinajstić information content (AvgIpc) is 2.63. The van der Waals surface area contributed by atoms with E-state index >= 15 is 0 Å². The summed E-state index contributed by atoms with van der Waals surface area (Å²) in [5, 5.41) is 8.81. The summed E-state index contributed by atoms with van der Waals surface area (Å²) in [7, 11) is 0. The quantitative estimate of drug-likeness (QED) is 0.635. The number of halogens is 2. The van der Waals surface area contributed by atoms with Crippen molar-refractivity contribution in [2.24, 2.45) is 5.92 Å². The van der Waals surface area contributed by atoms with Crippen molar-refractivity contribution >= 4 is 11.6 Å². The molecule has 2 aromatic rings. The largest absolute Gasteiger partial charge is 0.206 e. The predicted molar refractivity (Wildman–Crippen MR) is 96.2 cm³/mol. The normalized spacial score (nSPS) is 20.9. The van der Waals surface area contributed by atoms with Gasteiger partial charge in [-0.1, -0.05) is 48.0 Å². The van der Waals surface area contributed by atoms with Crippen LogP contribution in [0, 0.1) is 23.1 Å². The minimum Gasteiger partial charge on any atom is -0.206 e. The van der Waals surface area contributed by atoms with Crippen molar-refractivity contribution in [2.75, 3.05) is 0 Å². The van der Waals surface area contributed by atoms with Gasteiger partial charge >= 0.3 is 0 Å². The van der Waals surface area contributed by atoms with Crippen molar-refractivity contribution < 1.29 is 4.39 Å². The van der Waals surface area contributed by atoms with Crippen LogP contribution in [0.25, 0.3) is 11.1 Å². The SMILES string of the molecule is N#Cc1ccc(-c2ccc([C@H]3CC[C@H](/C=C/Cl)CC3)cc2)cc1F.